The normalized spacial score (nSPS) is 21.4. The van der Waals surface area contributed by atoms with Gasteiger partial charge in [-0.15, -0.1) is 0 Å². The molecule has 0 bridgehead atoms. The van der Waals surface area contributed by atoms with Crippen molar-refractivity contribution in [2.75, 3.05) is 13.2 Å². The minimum atomic E-state index is -0.274. The molecule has 1 aliphatic heterocycles. The Balaban J connectivity index is 1.78. The zero-order valence-corrected chi connectivity index (χ0v) is 16.2. The maximum atomic E-state index is 12.4. The molecule has 0 unspecified atom stereocenters. The molecular weight excluding hydrogens is 352 g/mol. The Hall–Kier alpha value is -2.92. The summed E-state index contributed by atoms with van der Waals surface area (Å²) in [6, 6.07) is 16.7. The summed E-state index contributed by atoms with van der Waals surface area (Å²) in [7, 11) is 0. The molecule has 0 saturated carbocycles. The van der Waals surface area contributed by atoms with E-state index in [1.807, 2.05) is 61.5 Å². The van der Waals surface area contributed by atoms with Gasteiger partial charge >= 0.3 is 0 Å². The van der Waals surface area contributed by atoms with Crippen LogP contribution in [-0.2, 0) is 4.79 Å². The third-order valence-electron chi connectivity index (χ3n) is 5.28. The van der Waals surface area contributed by atoms with Gasteiger partial charge < -0.3 is 15.3 Å². The van der Waals surface area contributed by atoms with E-state index in [2.05, 4.69) is 5.32 Å². The van der Waals surface area contributed by atoms with E-state index in [9.17, 15) is 14.7 Å². The molecule has 3 atom stereocenters. The van der Waals surface area contributed by atoms with Crippen molar-refractivity contribution in [3.8, 4) is 0 Å². The van der Waals surface area contributed by atoms with E-state index in [0.717, 1.165) is 11.1 Å². The number of carbonyl (C=O) groups is 2. The molecule has 28 heavy (non-hydrogen) atoms. The second-order valence-electron chi connectivity index (χ2n) is 7.01. The van der Waals surface area contributed by atoms with Crippen LogP contribution in [0, 0.1) is 0 Å². The number of hydrogen-bond donors (Lipinski definition) is 2. The standard InChI is InChI=1S/C23H26N2O3/c1-3-7-17-10-12-18(13-11-17)22-20(25(16(2)27)21(22)15-26)14-24-23(28)19-8-5-4-6-9-19/h3-13,20-22,26H,14-15H2,1-2H3,(H,24,28)/b7-3+/t20-,21+,22-/m1/s1. The first-order valence-corrected chi connectivity index (χ1v) is 9.52. The average Bonchev–Trinajstić information content (AvgIpc) is 2.69. The van der Waals surface area contributed by atoms with Crippen molar-refractivity contribution in [2.24, 2.45) is 0 Å². The monoisotopic (exact) mass is 378 g/mol. The second kappa shape index (κ2) is 8.85. The van der Waals surface area contributed by atoms with Gasteiger partial charge in [-0.25, -0.2) is 0 Å². The number of carbonyl (C=O) groups excluding carboxylic acids is 2. The molecule has 1 fully saturated rings. The van der Waals surface area contributed by atoms with Crippen LogP contribution in [0.15, 0.2) is 60.7 Å². The molecule has 1 heterocycles. The Morgan fingerprint density at radius 1 is 1.07 bits per heavy atom. The molecule has 3 rings (SSSR count). The zero-order valence-electron chi connectivity index (χ0n) is 16.2. The molecule has 0 aromatic heterocycles. The predicted molar refractivity (Wildman–Crippen MR) is 110 cm³/mol. The lowest BCUT2D eigenvalue weighted by atomic mass is 9.75. The summed E-state index contributed by atoms with van der Waals surface area (Å²) in [6.07, 6.45) is 4.00. The van der Waals surface area contributed by atoms with Gasteiger partial charge in [0.15, 0.2) is 0 Å². The van der Waals surface area contributed by atoms with Crippen LogP contribution in [0.4, 0.5) is 0 Å². The zero-order chi connectivity index (χ0) is 20.1. The topological polar surface area (TPSA) is 69.6 Å². The van der Waals surface area contributed by atoms with Gasteiger partial charge in [-0.1, -0.05) is 54.6 Å². The summed E-state index contributed by atoms with van der Waals surface area (Å²) >= 11 is 0. The Labute approximate surface area is 165 Å². The van der Waals surface area contributed by atoms with Gasteiger partial charge in [0.05, 0.1) is 18.7 Å². The molecule has 2 amide bonds. The number of nitrogens with one attached hydrogen (secondary N) is 1. The van der Waals surface area contributed by atoms with Crippen LogP contribution in [-0.4, -0.2) is 47.1 Å². The number of likely N-dealkylation sites (tertiary alicyclic amines) is 1. The number of aliphatic hydroxyl groups excluding tert-OH is 1. The van der Waals surface area contributed by atoms with Crippen LogP contribution in [0.1, 0.15) is 41.3 Å². The highest BCUT2D eigenvalue weighted by molar-refractivity contribution is 5.94. The lowest BCUT2D eigenvalue weighted by Gasteiger charge is -2.54. The van der Waals surface area contributed by atoms with Crippen LogP contribution in [0.3, 0.4) is 0 Å². The van der Waals surface area contributed by atoms with E-state index in [-0.39, 0.29) is 36.4 Å². The maximum Gasteiger partial charge on any atom is 0.251 e. The largest absolute Gasteiger partial charge is 0.394 e. The fourth-order valence-corrected chi connectivity index (χ4v) is 4.00. The molecule has 1 aliphatic rings. The summed E-state index contributed by atoms with van der Waals surface area (Å²) in [5, 5.41) is 12.8. The number of nitrogens with zero attached hydrogens (tertiary/aromatic N) is 1. The first-order chi connectivity index (χ1) is 13.6. The molecule has 5 nitrogen and oxygen atoms in total. The first-order valence-electron chi connectivity index (χ1n) is 9.52. The molecule has 5 heteroatoms. The molecular formula is C23H26N2O3. The number of amides is 2. The number of allylic oxidation sites excluding steroid dienone is 1. The molecule has 0 radical (unpaired) electrons. The maximum absolute atomic E-state index is 12.4. The number of rotatable bonds is 6. The fourth-order valence-electron chi connectivity index (χ4n) is 4.00. The van der Waals surface area contributed by atoms with Crippen LogP contribution in [0.2, 0.25) is 0 Å². The van der Waals surface area contributed by atoms with Crippen LogP contribution >= 0.6 is 0 Å². The van der Waals surface area contributed by atoms with Gasteiger partial charge in [0.1, 0.15) is 0 Å². The van der Waals surface area contributed by atoms with Gasteiger partial charge in [0, 0.05) is 24.9 Å². The lowest BCUT2D eigenvalue weighted by molar-refractivity contribution is -0.147. The highest BCUT2D eigenvalue weighted by Gasteiger charge is 2.49. The molecule has 1 saturated heterocycles. The summed E-state index contributed by atoms with van der Waals surface area (Å²) in [6.45, 7) is 3.70. The summed E-state index contributed by atoms with van der Waals surface area (Å²) in [5.41, 5.74) is 2.74. The van der Waals surface area contributed by atoms with Crippen molar-refractivity contribution in [2.45, 2.75) is 31.8 Å². The van der Waals surface area contributed by atoms with Crippen molar-refractivity contribution < 1.29 is 14.7 Å². The van der Waals surface area contributed by atoms with E-state index >= 15 is 0 Å². The van der Waals surface area contributed by atoms with Gasteiger partial charge in [0.2, 0.25) is 5.91 Å². The SMILES string of the molecule is C/C=C/c1ccc([C@@H]2[C@@H](CNC(=O)c3ccccc3)N(C(C)=O)[C@H]2CO)cc1. The highest BCUT2D eigenvalue weighted by atomic mass is 16.3. The molecule has 2 aromatic rings. The number of hydrogen-bond acceptors (Lipinski definition) is 3. The first kappa shape index (κ1) is 19.8. The molecule has 0 aliphatic carbocycles. The highest BCUT2D eigenvalue weighted by Crippen LogP contribution is 2.40. The van der Waals surface area contributed by atoms with Crippen molar-refractivity contribution in [1.29, 1.82) is 0 Å². The summed E-state index contributed by atoms with van der Waals surface area (Å²) in [5.74, 6) is -0.289. The minimum Gasteiger partial charge on any atom is -0.394 e. The Morgan fingerprint density at radius 3 is 2.32 bits per heavy atom. The number of aliphatic hydroxyl groups is 1. The minimum absolute atomic E-state index is 0.0235. The molecule has 0 spiro atoms. The van der Waals surface area contributed by atoms with Crippen molar-refractivity contribution in [1.82, 2.24) is 10.2 Å². The lowest BCUT2D eigenvalue weighted by Crippen LogP contribution is -2.68. The van der Waals surface area contributed by atoms with E-state index in [4.69, 9.17) is 0 Å². The predicted octanol–water partition coefficient (Wildman–Crippen LogP) is 2.82. The number of benzene rings is 2. The van der Waals surface area contributed by atoms with Crippen LogP contribution in [0.25, 0.3) is 6.08 Å². The van der Waals surface area contributed by atoms with Crippen molar-refractivity contribution >= 4 is 17.9 Å². The van der Waals surface area contributed by atoms with E-state index < -0.39 is 0 Å². The van der Waals surface area contributed by atoms with Gasteiger partial charge in [-0.3, -0.25) is 9.59 Å². The fraction of sp³-hybridized carbons (Fsp3) is 0.304. The van der Waals surface area contributed by atoms with Crippen LogP contribution in [0.5, 0.6) is 0 Å². The van der Waals surface area contributed by atoms with Gasteiger partial charge in [0.25, 0.3) is 5.91 Å². The summed E-state index contributed by atoms with van der Waals surface area (Å²) in [4.78, 5) is 26.2. The van der Waals surface area contributed by atoms with Crippen LogP contribution < -0.4 is 5.32 Å². The van der Waals surface area contributed by atoms with Gasteiger partial charge in [-0.2, -0.15) is 0 Å². The molecule has 2 N–H and O–H groups in total. The Kier molecular flexibility index (Phi) is 6.26. The van der Waals surface area contributed by atoms with E-state index in [1.165, 1.54) is 6.92 Å². The Bertz CT molecular complexity index is 846. The quantitative estimate of drug-likeness (QED) is 0.812. The van der Waals surface area contributed by atoms with E-state index in [0.29, 0.717) is 12.1 Å². The average molecular weight is 378 g/mol. The van der Waals surface area contributed by atoms with Crippen molar-refractivity contribution in [3.05, 3.63) is 77.4 Å². The Morgan fingerprint density at radius 2 is 1.75 bits per heavy atom. The third-order valence-corrected chi connectivity index (χ3v) is 5.28. The smallest absolute Gasteiger partial charge is 0.251 e. The van der Waals surface area contributed by atoms with E-state index in [1.54, 1.807) is 17.0 Å². The molecule has 2 aromatic carbocycles. The van der Waals surface area contributed by atoms with Crippen molar-refractivity contribution in [3.63, 3.8) is 0 Å². The molecule has 146 valence electrons. The second-order valence-corrected chi connectivity index (χ2v) is 7.01. The summed E-state index contributed by atoms with van der Waals surface area (Å²) < 4.78 is 0. The van der Waals surface area contributed by atoms with Gasteiger partial charge in [-0.05, 0) is 30.2 Å². The third kappa shape index (κ3) is 3.99.